The van der Waals surface area contributed by atoms with E-state index in [9.17, 15) is 4.79 Å². The standard InChI is InChI=1S/C23H26O2.C6H7NO/c1-15(12-16-6-8-17(9-7-16)21(24)25)18-10-11-19-20(13-18)23(4,5)14-22(19,2)3;7-5-1-3-6(8)4-2-5/h6-13H,14H2,1-5H3,(H,24,25);1-4,8H,7H2/b15-12+;. The van der Waals surface area contributed by atoms with E-state index in [-0.39, 0.29) is 16.6 Å². The number of aromatic hydroxyl groups is 1. The Bertz CT molecular complexity index is 1150. The van der Waals surface area contributed by atoms with Crippen LogP contribution in [0.5, 0.6) is 5.75 Å². The van der Waals surface area contributed by atoms with Gasteiger partial charge in [-0.1, -0.05) is 64.1 Å². The van der Waals surface area contributed by atoms with Crippen LogP contribution >= 0.6 is 0 Å². The van der Waals surface area contributed by atoms with Crippen molar-refractivity contribution in [3.05, 3.63) is 94.5 Å². The highest BCUT2D eigenvalue weighted by atomic mass is 16.4. The number of benzene rings is 3. The van der Waals surface area contributed by atoms with Crippen LogP contribution in [0, 0.1) is 0 Å². The SMILES string of the molecule is C/C(=C\c1ccc(C(=O)O)cc1)c1ccc2c(c1)C(C)(C)CC2(C)C.Nc1ccc(O)cc1. The van der Waals surface area contributed by atoms with Crippen molar-refractivity contribution in [2.24, 2.45) is 0 Å². The van der Waals surface area contributed by atoms with Gasteiger partial charge in [-0.15, -0.1) is 0 Å². The number of fused-ring (bicyclic) bond motifs is 1. The maximum atomic E-state index is 11.0. The Balaban J connectivity index is 0.000000323. The number of nitrogen functional groups attached to an aromatic ring is 1. The van der Waals surface area contributed by atoms with Crippen LogP contribution in [0.25, 0.3) is 11.6 Å². The van der Waals surface area contributed by atoms with Crippen LogP contribution in [0.15, 0.2) is 66.7 Å². The molecule has 0 aromatic heterocycles. The quantitative estimate of drug-likeness (QED) is 0.234. The molecule has 0 bridgehead atoms. The van der Waals surface area contributed by atoms with Gasteiger partial charge in [0.1, 0.15) is 5.75 Å². The molecule has 0 atom stereocenters. The fraction of sp³-hybridized carbons (Fsp3) is 0.276. The van der Waals surface area contributed by atoms with Crippen LogP contribution in [0.3, 0.4) is 0 Å². The third-order valence-electron chi connectivity index (χ3n) is 6.25. The zero-order valence-corrected chi connectivity index (χ0v) is 20.0. The Morgan fingerprint density at radius 2 is 1.39 bits per heavy atom. The Labute approximate surface area is 196 Å². The highest BCUT2D eigenvalue weighted by molar-refractivity contribution is 5.88. The molecule has 4 rings (SSSR count). The van der Waals surface area contributed by atoms with Crippen molar-refractivity contribution < 1.29 is 15.0 Å². The van der Waals surface area contributed by atoms with Crippen LogP contribution in [0.1, 0.15) is 73.7 Å². The maximum absolute atomic E-state index is 11.0. The molecule has 3 aromatic carbocycles. The minimum Gasteiger partial charge on any atom is -0.508 e. The average molecular weight is 444 g/mol. The van der Waals surface area contributed by atoms with E-state index in [2.05, 4.69) is 58.9 Å². The molecule has 0 spiro atoms. The summed E-state index contributed by atoms with van der Waals surface area (Å²) in [6, 6.07) is 20.2. The summed E-state index contributed by atoms with van der Waals surface area (Å²) in [5, 5.41) is 17.7. The predicted octanol–water partition coefficient (Wildman–Crippen LogP) is 6.88. The number of carboxylic acids is 1. The summed E-state index contributed by atoms with van der Waals surface area (Å²) in [7, 11) is 0. The lowest BCUT2D eigenvalue weighted by atomic mass is 9.82. The number of aromatic carboxylic acids is 1. The van der Waals surface area contributed by atoms with Crippen molar-refractivity contribution in [3.63, 3.8) is 0 Å². The second kappa shape index (κ2) is 9.14. The van der Waals surface area contributed by atoms with Gasteiger partial charge in [-0.05, 0) is 88.4 Å². The van der Waals surface area contributed by atoms with Crippen molar-refractivity contribution in [1.82, 2.24) is 0 Å². The third-order valence-corrected chi connectivity index (χ3v) is 6.25. The van der Waals surface area contributed by atoms with E-state index in [1.807, 2.05) is 12.1 Å². The first-order valence-electron chi connectivity index (χ1n) is 11.1. The molecule has 0 heterocycles. The number of rotatable bonds is 3. The second-order valence-corrected chi connectivity index (χ2v) is 10.1. The molecule has 0 aliphatic heterocycles. The van der Waals surface area contributed by atoms with Gasteiger partial charge in [-0.25, -0.2) is 4.79 Å². The van der Waals surface area contributed by atoms with Crippen LogP contribution in [0.2, 0.25) is 0 Å². The summed E-state index contributed by atoms with van der Waals surface area (Å²) in [5.74, 6) is -0.644. The number of allylic oxidation sites excluding steroid dienone is 1. The Kier molecular flexibility index (Phi) is 6.68. The molecule has 172 valence electrons. The minimum absolute atomic E-state index is 0.193. The third kappa shape index (κ3) is 5.64. The van der Waals surface area contributed by atoms with Gasteiger partial charge in [0, 0.05) is 5.69 Å². The lowest BCUT2D eigenvalue weighted by molar-refractivity contribution is 0.0697. The normalized spacial score (nSPS) is 15.8. The summed E-state index contributed by atoms with van der Waals surface area (Å²) >= 11 is 0. The van der Waals surface area contributed by atoms with Gasteiger partial charge in [0.2, 0.25) is 0 Å². The molecule has 4 heteroatoms. The molecule has 0 amide bonds. The molecular formula is C29H33NO3. The maximum Gasteiger partial charge on any atom is 0.335 e. The molecule has 0 unspecified atom stereocenters. The smallest absolute Gasteiger partial charge is 0.335 e. The zero-order chi connectivity index (χ0) is 24.4. The number of nitrogens with two attached hydrogens (primary N) is 1. The van der Waals surface area contributed by atoms with Crippen LogP contribution < -0.4 is 5.73 Å². The van der Waals surface area contributed by atoms with Crippen molar-refractivity contribution in [3.8, 4) is 5.75 Å². The molecule has 33 heavy (non-hydrogen) atoms. The molecule has 4 N–H and O–H groups in total. The van der Waals surface area contributed by atoms with Gasteiger partial charge >= 0.3 is 5.97 Å². The van der Waals surface area contributed by atoms with Crippen LogP contribution in [-0.2, 0) is 10.8 Å². The highest BCUT2D eigenvalue weighted by Crippen LogP contribution is 2.49. The van der Waals surface area contributed by atoms with Crippen LogP contribution in [-0.4, -0.2) is 16.2 Å². The summed E-state index contributed by atoms with van der Waals surface area (Å²) in [6.07, 6.45) is 3.28. The molecule has 1 aliphatic carbocycles. The fourth-order valence-electron chi connectivity index (χ4n) is 4.76. The summed E-state index contributed by atoms with van der Waals surface area (Å²) in [4.78, 5) is 11.0. The molecule has 3 aromatic rings. The van der Waals surface area contributed by atoms with Crippen LogP contribution in [0.4, 0.5) is 5.69 Å². The van der Waals surface area contributed by atoms with Gasteiger partial charge in [-0.3, -0.25) is 0 Å². The van der Waals surface area contributed by atoms with E-state index in [0.29, 0.717) is 11.3 Å². The topological polar surface area (TPSA) is 83.5 Å². The molecular weight excluding hydrogens is 410 g/mol. The molecule has 0 saturated heterocycles. The first-order chi connectivity index (χ1) is 15.4. The van der Waals surface area contributed by atoms with E-state index in [4.69, 9.17) is 15.9 Å². The van der Waals surface area contributed by atoms with Gasteiger partial charge in [-0.2, -0.15) is 0 Å². The number of phenolic OH excluding ortho intramolecular Hbond substituents is 1. The Morgan fingerprint density at radius 1 is 0.848 bits per heavy atom. The highest BCUT2D eigenvalue weighted by Gasteiger charge is 2.41. The van der Waals surface area contributed by atoms with E-state index in [1.165, 1.54) is 22.3 Å². The predicted molar refractivity (Wildman–Crippen MR) is 137 cm³/mol. The molecule has 0 radical (unpaired) electrons. The number of carbonyl (C=O) groups is 1. The van der Waals surface area contributed by atoms with Crippen molar-refractivity contribution >= 4 is 23.3 Å². The number of carboxylic acid groups (broad SMARTS) is 1. The van der Waals surface area contributed by atoms with Crippen molar-refractivity contribution in [2.45, 2.75) is 51.9 Å². The average Bonchev–Trinajstić information content (AvgIpc) is 2.94. The monoisotopic (exact) mass is 443 g/mol. The van der Waals surface area contributed by atoms with Gasteiger partial charge in [0.25, 0.3) is 0 Å². The molecule has 0 saturated carbocycles. The largest absolute Gasteiger partial charge is 0.508 e. The number of hydrogen-bond donors (Lipinski definition) is 3. The molecule has 4 nitrogen and oxygen atoms in total. The lowest BCUT2D eigenvalue weighted by Crippen LogP contribution is -2.17. The van der Waals surface area contributed by atoms with E-state index < -0.39 is 5.97 Å². The second-order valence-electron chi connectivity index (χ2n) is 10.1. The molecule has 1 aliphatic rings. The number of hydrogen-bond acceptors (Lipinski definition) is 3. The van der Waals surface area contributed by atoms with Gasteiger partial charge in [0.15, 0.2) is 0 Å². The summed E-state index contributed by atoms with van der Waals surface area (Å²) in [5.41, 5.74) is 13.1. The van der Waals surface area contributed by atoms with Gasteiger partial charge in [0.05, 0.1) is 5.56 Å². The summed E-state index contributed by atoms with van der Waals surface area (Å²) < 4.78 is 0. The minimum atomic E-state index is -0.893. The number of anilines is 1. The van der Waals surface area contributed by atoms with E-state index in [0.717, 1.165) is 12.0 Å². The van der Waals surface area contributed by atoms with Gasteiger partial charge < -0.3 is 15.9 Å². The zero-order valence-electron chi connectivity index (χ0n) is 20.0. The van der Waals surface area contributed by atoms with E-state index >= 15 is 0 Å². The number of phenols is 1. The molecule has 0 fully saturated rings. The Morgan fingerprint density at radius 3 is 1.94 bits per heavy atom. The Hall–Kier alpha value is -3.53. The summed E-state index contributed by atoms with van der Waals surface area (Å²) in [6.45, 7) is 11.4. The first kappa shape index (κ1) is 24.1. The van der Waals surface area contributed by atoms with Crippen molar-refractivity contribution in [1.29, 1.82) is 0 Å². The fourth-order valence-corrected chi connectivity index (χ4v) is 4.76. The van der Waals surface area contributed by atoms with Crippen molar-refractivity contribution in [2.75, 3.05) is 5.73 Å². The first-order valence-corrected chi connectivity index (χ1v) is 11.1. The van der Waals surface area contributed by atoms with E-state index in [1.54, 1.807) is 36.4 Å². The lowest BCUT2D eigenvalue weighted by Gasteiger charge is -2.22.